The molecule has 0 saturated heterocycles. The average Bonchev–Trinajstić information content (AvgIpc) is 3.79. The first-order valence-electron chi connectivity index (χ1n) is 16.5. The molecule has 238 valence electrons. The summed E-state index contributed by atoms with van der Waals surface area (Å²) >= 11 is 0. The van der Waals surface area contributed by atoms with Crippen molar-refractivity contribution >= 4 is 34.5 Å². The number of fused-ring (bicyclic) bond motifs is 3. The maximum atomic E-state index is 13.6. The molecule has 0 atom stereocenters. The highest BCUT2D eigenvalue weighted by molar-refractivity contribution is 6.19. The summed E-state index contributed by atoms with van der Waals surface area (Å²) in [5.41, 5.74) is 9.67. The SMILES string of the molecule is C.C=O.CCCCc1cccc(-c2cc(C(=O)C#CCCC/C(=C/CCC3CC3)CCC)c(C)c3[nH]c4ncc(C)cc4c23)c1. The van der Waals surface area contributed by atoms with E-state index in [9.17, 15) is 4.79 Å². The summed E-state index contributed by atoms with van der Waals surface area (Å²) in [7, 11) is 0. The molecule has 0 spiro atoms. The van der Waals surface area contributed by atoms with Crippen LogP contribution in [-0.4, -0.2) is 22.5 Å². The zero-order valence-corrected chi connectivity index (χ0v) is 27.2. The number of aromatic nitrogens is 2. The Balaban J connectivity index is 0.00000180. The minimum Gasteiger partial charge on any atom is -0.339 e. The van der Waals surface area contributed by atoms with Gasteiger partial charge in [0.15, 0.2) is 0 Å². The molecule has 1 saturated carbocycles. The zero-order chi connectivity index (χ0) is 31.5. The third-order valence-corrected chi connectivity index (χ3v) is 8.70. The van der Waals surface area contributed by atoms with Crippen LogP contribution < -0.4 is 0 Å². The van der Waals surface area contributed by atoms with E-state index < -0.39 is 0 Å². The molecule has 45 heavy (non-hydrogen) atoms. The Hall–Kier alpha value is -3.97. The van der Waals surface area contributed by atoms with Crippen LogP contribution in [0.2, 0.25) is 0 Å². The molecule has 1 aliphatic rings. The van der Waals surface area contributed by atoms with E-state index in [0.717, 1.165) is 75.8 Å². The second-order valence-corrected chi connectivity index (χ2v) is 12.3. The van der Waals surface area contributed by atoms with Gasteiger partial charge in [0.05, 0.1) is 5.52 Å². The number of hydrogen-bond donors (Lipinski definition) is 1. The van der Waals surface area contributed by atoms with Crippen LogP contribution in [0.15, 0.2) is 54.2 Å². The average molecular weight is 605 g/mol. The van der Waals surface area contributed by atoms with Gasteiger partial charge in [-0.15, -0.1) is 0 Å². The summed E-state index contributed by atoms with van der Waals surface area (Å²) < 4.78 is 0. The number of aryl methyl sites for hydroxylation is 3. The summed E-state index contributed by atoms with van der Waals surface area (Å²) in [5, 5.41) is 2.23. The first-order chi connectivity index (χ1) is 21.5. The molecule has 2 aromatic carbocycles. The summed E-state index contributed by atoms with van der Waals surface area (Å²) in [6.07, 6.45) is 18.4. The normalized spacial score (nSPS) is 12.7. The lowest BCUT2D eigenvalue weighted by atomic mass is 9.91. The van der Waals surface area contributed by atoms with Crippen LogP contribution >= 0.6 is 0 Å². The minimum atomic E-state index is -0.102. The van der Waals surface area contributed by atoms with Gasteiger partial charge in [0, 0.05) is 29.0 Å². The lowest BCUT2D eigenvalue weighted by Gasteiger charge is -2.12. The first kappa shape index (κ1) is 35.5. The molecular formula is C41H52N2O2. The molecule has 2 aromatic heterocycles. The number of hydrogen-bond acceptors (Lipinski definition) is 3. The molecule has 0 amide bonds. The van der Waals surface area contributed by atoms with Crippen molar-refractivity contribution in [2.24, 2.45) is 5.92 Å². The maximum Gasteiger partial charge on any atom is 0.236 e. The quantitative estimate of drug-likeness (QED) is 0.0543. The van der Waals surface area contributed by atoms with Gasteiger partial charge in [-0.1, -0.05) is 88.8 Å². The summed E-state index contributed by atoms with van der Waals surface area (Å²) in [4.78, 5) is 29.8. The van der Waals surface area contributed by atoms with Crippen molar-refractivity contribution in [2.45, 2.75) is 112 Å². The molecule has 1 fully saturated rings. The molecule has 0 unspecified atom stereocenters. The largest absolute Gasteiger partial charge is 0.339 e. The number of allylic oxidation sites excluding steroid dienone is 2. The highest BCUT2D eigenvalue weighted by Gasteiger charge is 2.20. The second kappa shape index (κ2) is 17.5. The smallest absolute Gasteiger partial charge is 0.236 e. The van der Waals surface area contributed by atoms with E-state index >= 15 is 0 Å². The Labute approximate surface area is 271 Å². The number of nitrogens with one attached hydrogen (secondary N) is 1. The van der Waals surface area contributed by atoms with Gasteiger partial charge in [-0.25, -0.2) is 4.98 Å². The molecule has 0 aliphatic heterocycles. The van der Waals surface area contributed by atoms with Crippen molar-refractivity contribution in [3.05, 3.63) is 76.5 Å². The standard InChI is InChI=1S/C39H46N2O.CH2O.CH4/c1-5-7-14-31-18-12-19-32(24-31)34-25-33(28(4)38-37(34)35-23-27(3)26-40-39(35)41-38)36(42)20-10-8-9-15-29(13-6-2)16-11-17-30-21-22-30;1-2;/h12,16,18-19,23-26,30H,5-9,11,13-15,17,21-22H2,1-4H3,(H,40,41);1H2;1H4/b29-16+;;. The van der Waals surface area contributed by atoms with Crippen molar-refractivity contribution in [1.29, 1.82) is 0 Å². The zero-order valence-electron chi connectivity index (χ0n) is 27.2. The molecule has 1 N–H and O–H groups in total. The summed E-state index contributed by atoms with van der Waals surface area (Å²) in [6, 6.07) is 13.1. The van der Waals surface area contributed by atoms with Crippen molar-refractivity contribution in [3.63, 3.8) is 0 Å². The van der Waals surface area contributed by atoms with E-state index in [1.54, 1.807) is 5.57 Å². The molecule has 5 rings (SSSR count). The topological polar surface area (TPSA) is 62.8 Å². The number of Topliss-reactive ketones (excluding diaryl/α,β-unsaturated/α-hetero) is 1. The number of ketones is 1. The van der Waals surface area contributed by atoms with Gasteiger partial charge in [-0.05, 0) is 111 Å². The highest BCUT2D eigenvalue weighted by Crippen LogP contribution is 2.38. The molecule has 2 heterocycles. The fourth-order valence-corrected chi connectivity index (χ4v) is 6.13. The van der Waals surface area contributed by atoms with Crippen molar-refractivity contribution in [2.75, 3.05) is 0 Å². The van der Waals surface area contributed by atoms with Crippen molar-refractivity contribution in [3.8, 4) is 23.0 Å². The van der Waals surface area contributed by atoms with E-state index in [4.69, 9.17) is 4.79 Å². The van der Waals surface area contributed by atoms with Gasteiger partial charge in [0.2, 0.25) is 5.78 Å². The van der Waals surface area contributed by atoms with Crippen LogP contribution in [0, 0.1) is 31.6 Å². The number of nitrogens with zero attached hydrogens (tertiary/aromatic N) is 1. The molecular weight excluding hydrogens is 552 g/mol. The van der Waals surface area contributed by atoms with E-state index in [2.05, 4.69) is 85.1 Å². The Morgan fingerprint density at radius 3 is 2.60 bits per heavy atom. The molecule has 1 aliphatic carbocycles. The number of pyridine rings is 1. The number of benzene rings is 2. The van der Waals surface area contributed by atoms with E-state index in [0.29, 0.717) is 5.56 Å². The van der Waals surface area contributed by atoms with Gasteiger partial charge >= 0.3 is 0 Å². The van der Waals surface area contributed by atoms with Crippen LogP contribution in [0.5, 0.6) is 0 Å². The van der Waals surface area contributed by atoms with E-state index in [1.165, 1.54) is 56.9 Å². The van der Waals surface area contributed by atoms with E-state index in [-0.39, 0.29) is 13.2 Å². The summed E-state index contributed by atoms with van der Waals surface area (Å²) in [5.74, 6) is 7.10. The second-order valence-electron chi connectivity index (χ2n) is 12.3. The number of H-pyrrole nitrogens is 1. The molecule has 4 heteroatoms. The predicted octanol–water partition coefficient (Wildman–Crippen LogP) is 11.1. The fraction of sp³-hybridized carbons (Fsp3) is 0.439. The Morgan fingerprint density at radius 2 is 1.87 bits per heavy atom. The van der Waals surface area contributed by atoms with Crippen LogP contribution in [0.4, 0.5) is 0 Å². The molecule has 4 nitrogen and oxygen atoms in total. The number of aromatic amines is 1. The van der Waals surface area contributed by atoms with Gasteiger partial charge in [-0.2, -0.15) is 0 Å². The van der Waals surface area contributed by atoms with Crippen LogP contribution in [0.3, 0.4) is 0 Å². The number of unbranched alkanes of at least 4 members (excludes halogenated alkanes) is 2. The lowest BCUT2D eigenvalue weighted by molar-refractivity contribution is -0.0980. The molecule has 4 aromatic rings. The van der Waals surface area contributed by atoms with Crippen LogP contribution in [0.1, 0.15) is 119 Å². The van der Waals surface area contributed by atoms with Crippen molar-refractivity contribution < 1.29 is 9.59 Å². The van der Waals surface area contributed by atoms with E-state index in [1.807, 2.05) is 19.9 Å². The Morgan fingerprint density at radius 1 is 1.07 bits per heavy atom. The van der Waals surface area contributed by atoms with Gasteiger partial charge in [0.25, 0.3) is 0 Å². The highest BCUT2D eigenvalue weighted by atomic mass is 16.1. The van der Waals surface area contributed by atoms with Crippen LogP contribution in [0.25, 0.3) is 33.1 Å². The third-order valence-electron chi connectivity index (χ3n) is 8.70. The van der Waals surface area contributed by atoms with Gasteiger partial charge < -0.3 is 9.78 Å². The number of carbonyl (C=O) groups is 2. The Kier molecular flexibility index (Phi) is 13.8. The summed E-state index contributed by atoms with van der Waals surface area (Å²) in [6.45, 7) is 10.6. The lowest BCUT2D eigenvalue weighted by Crippen LogP contribution is -2.01. The molecule has 0 bridgehead atoms. The number of rotatable bonds is 13. The van der Waals surface area contributed by atoms with Gasteiger partial charge in [0.1, 0.15) is 12.4 Å². The first-order valence-corrected chi connectivity index (χ1v) is 16.5. The molecule has 0 radical (unpaired) electrons. The number of carbonyl (C=O) groups excluding carboxylic acids is 2. The van der Waals surface area contributed by atoms with Crippen LogP contribution in [-0.2, 0) is 11.2 Å². The fourth-order valence-electron chi connectivity index (χ4n) is 6.13. The minimum absolute atomic E-state index is 0. The van der Waals surface area contributed by atoms with Gasteiger partial charge in [-0.3, -0.25) is 4.79 Å². The monoisotopic (exact) mass is 604 g/mol. The Bertz CT molecular complexity index is 1680. The van der Waals surface area contributed by atoms with Crippen molar-refractivity contribution in [1.82, 2.24) is 9.97 Å². The maximum absolute atomic E-state index is 13.6. The predicted molar refractivity (Wildman–Crippen MR) is 192 cm³/mol. The third kappa shape index (κ3) is 9.27.